The van der Waals surface area contributed by atoms with Crippen molar-refractivity contribution in [2.24, 2.45) is 0 Å². The van der Waals surface area contributed by atoms with Crippen molar-refractivity contribution in [2.45, 2.75) is 17.1 Å². The number of rotatable bonds is 5. The Hall–Kier alpha value is -1.95. The highest BCUT2D eigenvalue weighted by molar-refractivity contribution is 7.97. The van der Waals surface area contributed by atoms with E-state index < -0.39 is 12.2 Å². The number of alkyl halides is 3. The van der Waals surface area contributed by atoms with Crippen LogP contribution in [-0.2, 0) is 0 Å². The molecule has 4 nitrogen and oxygen atoms in total. The second kappa shape index (κ2) is 7.95. The first-order valence-electron chi connectivity index (χ1n) is 6.93. The summed E-state index contributed by atoms with van der Waals surface area (Å²) in [7, 11) is 2.69. The van der Waals surface area contributed by atoms with E-state index in [2.05, 4.69) is 4.98 Å². The first-order valence-corrected chi connectivity index (χ1v) is 8.08. The number of aromatic nitrogens is 1. The average molecular weight is 388 g/mol. The molecule has 0 fully saturated rings. The maximum absolute atomic E-state index is 13.5. The molecule has 2 rings (SSSR count). The van der Waals surface area contributed by atoms with E-state index in [0.29, 0.717) is 9.92 Å². The number of benzene rings is 1. The minimum absolute atomic E-state index is 0.0638. The third-order valence-electron chi connectivity index (χ3n) is 3.25. The molecule has 0 aliphatic carbocycles. The van der Waals surface area contributed by atoms with E-state index in [0.717, 1.165) is 16.3 Å². The van der Waals surface area contributed by atoms with Gasteiger partial charge in [0.2, 0.25) is 5.88 Å². The van der Waals surface area contributed by atoms with Crippen LogP contribution in [0.4, 0.5) is 13.2 Å². The topological polar surface area (TPSA) is 49.1 Å². The fraction of sp³-hybridized carbons (Fsp3) is 0.250. The summed E-state index contributed by atoms with van der Waals surface area (Å²) in [6.07, 6.45) is -3.14. The lowest BCUT2D eigenvalue weighted by Crippen LogP contribution is -2.31. The quantitative estimate of drug-likeness (QED) is 0.686. The van der Waals surface area contributed by atoms with Crippen LogP contribution < -0.4 is 4.74 Å². The molecular weight excluding hydrogens is 375 g/mol. The minimum Gasteiger partial charge on any atom is -0.480 e. The lowest BCUT2D eigenvalue weighted by atomic mass is 10.1. The first-order chi connectivity index (χ1) is 11.8. The summed E-state index contributed by atoms with van der Waals surface area (Å²) in [4.78, 5) is 4.33. The van der Waals surface area contributed by atoms with Gasteiger partial charge in [-0.15, -0.1) is 0 Å². The molecule has 0 unspecified atom stereocenters. The fourth-order valence-electron chi connectivity index (χ4n) is 2.19. The molecule has 132 valence electrons. The van der Waals surface area contributed by atoms with Gasteiger partial charge >= 0.3 is 6.18 Å². The molecular formula is C16H13ClF3N3OS. The van der Waals surface area contributed by atoms with Gasteiger partial charge in [-0.3, -0.25) is 0 Å². The smallest absolute Gasteiger partial charge is 0.408 e. The van der Waals surface area contributed by atoms with Crippen molar-refractivity contribution >= 4 is 23.5 Å². The Labute approximate surface area is 152 Å². The first kappa shape index (κ1) is 19.4. The van der Waals surface area contributed by atoms with Crippen molar-refractivity contribution in [1.82, 2.24) is 9.29 Å². The van der Waals surface area contributed by atoms with Gasteiger partial charge in [0.15, 0.2) is 0 Å². The molecule has 1 heterocycles. The summed E-state index contributed by atoms with van der Waals surface area (Å²) in [6.45, 7) is 0. The number of hydrogen-bond donors (Lipinski definition) is 0. The maximum atomic E-state index is 13.5. The Bertz CT molecular complexity index is 778. The molecule has 0 N–H and O–H groups in total. The standard InChI is InChI=1S/C16H13ClF3N3OS/c1-23(25-13-7-11(8-21)15(24-2)22-9-13)14(16(18,19)20)10-3-5-12(17)6-4-10/h3-7,9,14H,1-2H3/t14-/m1/s1. The fourth-order valence-corrected chi connectivity index (χ4v) is 3.27. The van der Waals surface area contributed by atoms with Gasteiger partial charge in [-0.05, 0) is 42.8 Å². The molecule has 0 aliphatic heterocycles. The number of nitrogens with zero attached hydrogens (tertiary/aromatic N) is 3. The summed E-state index contributed by atoms with van der Waals surface area (Å²) in [5.74, 6) is 0.125. The molecule has 0 spiro atoms. The predicted octanol–water partition coefficient (Wildman–Crippen LogP) is 4.86. The van der Waals surface area contributed by atoms with E-state index in [-0.39, 0.29) is 17.0 Å². The third-order valence-corrected chi connectivity index (χ3v) is 4.43. The molecule has 1 aromatic carbocycles. The molecule has 2 aromatic rings. The van der Waals surface area contributed by atoms with Gasteiger partial charge in [0.05, 0.1) is 7.11 Å². The summed E-state index contributed by atoms with van der Waals surface area (Å²) < 4.78 is 46.6. The van der Waals surface area contributed by atoms with Crippen LogP contribution in [0.2, 0.25) is 5.02 Å². The zero-order valence-electron chi connectivity index (χ0n) is 13.2. The second-order valence-electron chi connectivity index (χ2n) is 4.97. The number of hydrogen-bond acceptors (Lipinski definition) is 5. The number of pyridine rings is 1. The van der Waals surface area contributed by atoms with Crippen LogP contribution in [0.25, 0.3) is 0 Å². The highest BCUT2D eigenvalue weighted by Gasteiger charge is 2.44. The van der Waals surface area contributed by atoms with Gasteiger partial charge in [-0.2, -0.15) is 18.4 Å². The van der Waals surface area contributed by atoms with E-state index in [9.17, 15) is 13.2 Å². The van der Waals surface area contributed by atoms with E-state index in [1.807, 2.05) is 6.07 Å². The zero-order valence-corrected chi connectivity index (χ0v) is 14.8. The summed E-state index contributed by atoms with van der Waals surface area (Å²) in [5.41, 5.74) is 0.213. The molecule has 0 aliphatic rings. The van der Waals surface area contributed by atoms with Crippen molar-refractivity contribution in [2.75, 3.05) is 14.2 Å². The third kappa shape index (κ3) is 4.78. The van der Waals surface area contributed by atoms with Crippen LogP contribution in [0.15, 0.2) is 41.4 Å². The van der Waals surface area contributed by atoms with Crippen molar-refractivity contribution in [1.29, 1.82) is 5.26 Å². The maximum Gasteiger partial charge on any atom is 0.408 e. The average Bonchev–Trinajstić information content (AvgIpc) is 2.55. The second-order valence-corrected chi connectivity index (χ2v) is 6.64. The Kier molecular flexibility index (Phi) is 6.16. The highest BCUT2D eigenvalue weighted by Crippen LogP contribution is 2.42. The van der Waals surface area contributed by atoms with Crippen LogP contribution in [0.5, 0.6) is 5.88 Å². The number of methoxy groups -OCH3 is 1. The van der Waals surface area contributed by atoms with Crippen molar-refractivity contribution < 1.29 is 17.9 Å². The summed E-state index contributed by atoms with van der Waals surface area (Å²) >= 11 is 6.59. The number of ether oxygens (including phenoxy) is 1. The zero-order chi connectivity index (χ0) is 18.6. The predicted molar refractivity (Wildman–Crippen MR) is 89.4 cm³/mol. The van der Waals surface area contributed by atoms with Gasteiger partial charge in [0.25, 0.3) is 0 Å². The van der Waals surface area contributed by atoms with Crippen LogP contribution in [0, 0.1) is 11.3 Å². The van der Waals surface area contributed by atoms with Crippen molar-refractivity contribution in [3.63, 3.8) is 0 Å². The molecule has 9 heteroatoms. The van der Waals surface area contributed by atoms with Gasteiger partial charge in [-0.25, -0.2) is 9.29 Å². The number of nitriles is 1. The Morgan fingerprint density at radius 1 is 1.32 bits per heavy atom. The molecule has 0 radical (unpaired) electrons. The largest absolute Gasteiger partial charge is 0.480 e. The van der Waals surface area contributed by atoms with Crippen molar-refractivity contribution in [3.8, 4) is 11.9 Å². The normalized spacial score (nSPS) is 12.7. The molecule has 1 atom stereocenters. The van der Waals surface area contributed by atoms with E-state index in [1.54, 1.807) is 0 Å². The molecule has 25 heavy (non-hydrogen) atoms. The van der Waals surface area contributed by atoms with Gasteiger partial charge in [0, 0.05) is 16.1 Å². The summed E-state index contributed by atoms with van der Waals surface area (Å²) in [5, 5.41) is 9.42. The molecule has 0 amide bonds. The van der Waals surface area contributed by atoms with E-state index >= 15 is 0 Å². The Balaban J connectivity index is 2.30. The van der Waals surface area contributed by atoms with Crippen LogP contribution in [0.3, 0.4) is 0 Å². The van der Waals surface area contributed by atoms with Gasteiger partial charge in [0.1, 0.15) is 17.7 Å². The highest BCUT2D eigenvalue weighted by atomic mass is 35.5. The van der Waals surface area contributed by atoms with Crippen LogP contribution in [-0.4, -0.2) is 29.6 Å². The Morgan fingerprint density at radius 3 is 2.48 bits per heavy atom. The van der Waals surface area contributed by atoms with Gasteiger partial charge in [-0.1, -0.05) is 23.7 Å². The molecule has 0 saturated carbocycles. The van der Waals surface area contributed by atoms with Gasteiger partial charge < -0.3 is 4.74 Å². The molecule has 1 aromatic heterocycles. The van der Waals surface area contributed by atoms with E-state index in [1.165, 1.54) is 50.7 Å². The molecule has 0 bridgehead atoms. The minimum atomic E-state index is -4.49. The SMILES string of the molecule is COc1ncc(SN(C)[C@H](c2ccc(Cl)cc2)C(F)(F)F)cc1C#N. The van der Waals surface area contributed by atoms with E-state index in [4.69, 9.17) is 21.6 Å². The lowest BCUT2D eigenvalue weighted by Gasteiger charge is -2.29. The Morgan fingerprint density at radius 2 is 1.96 bits per heavy atom. The lowest BCUT2D eigenvalue weighted by molar-refractivity contribution is -0.169. The number of halogens is 4. The van der Waals surface area contributed by atoms with Crippen LogP contribution in [0.1, 0.15) is 17.2 Å². The van der Waals surface area contributed by atoms with Crippen LogP contribution >= 0.6 is 23.5 Å². The monoisotopic (exact) mass is 387 g/mol. The van der Waals surface area contributed by atoms with Crippen molar-refractivity contribution in [3.05, 3.63) is 52.7 Å². The molecule has 0 saturated heterocycles. The summed E-state index contributed by atoms with van der Waals surface area (Å²) in [6, 6.07) is 6.99.